The number of methoxy groups -OCH3 is 3. The second kappa shape index (κ2) is 6.60. The highest BCUT2D eigenvalue weighted by molar-refractivity contribution is 5.99. The Labute approximate surface area is 133 Å². The largest absolute Gasteiger partial charge is 0.494 e. The molecule has 23 heavy (non-hydrogen) atoms. The van der Waals surface area contributed by atoms with Crippen molar-refractivity contribution in [3.63, 3.8) is 0 Å². The van der Waals surface area contributed by atoms with Crippen molar-refractivity contribution in [3.05, 3.63) is 23.8 Å². The molecular formula is C16H19NO6. The summed E-state index contributed by atoms with van der Waals surface area (Å²) < 4.78 is 15.9. The molecule has 0 radical (unpaired) electrons. The maximum absolute atomic E-state index is 12.3. The second-order valence-corrected chi connectivity index (χ2v) is 5.08. The number of hydrogen-bond acceptors (Lipinski definition) is 5. The molecule has 0 bridgehead atoms. The number of nitrogens with one attached hydrogen (secondary N) is 1. The van der Waals surface area contributed by atoms with Gasteiger partial charge in [-0.25, -0.2) is 0 Å². The topological polar surface area (TPSA) is 94.1 Å². The predicted octanol–water partition coefficient (Wildman–Crippen LogP) is 1.85. The van der Waals surface area contributed by atoms with Gasteiger partial charge in [-0.3, -0.25) is 9.59 Å². The smallest absolute Gasteiger partial charge is 0.311 e. The van der Waals surface area contributed by atoms with Crippen LogP contribution in [0.5, 0.6) is 17.2 Å². The van der Waals surface area contributed by atoms with Crippen LogP contribution in [0.25, 0.3) is 0 Å². The molecule has 1 aliphatic rings. The van der Waals surface area contributed by atoms with Gasteiger partial charge in [-0.2, -0.15) is 0 Å². The molecule has 2 N–H and O–H groups in total. The summed E-state index contributed by atoms with van der Waals surface area (Å²) in [5, 5.41) is 11.7. The zero-order valence-corrected chi connectivity index (χ0v) is 13.4. The molecule has 0 aliphatic heterocycles. The monoisotopic (exact) mass is 321 g/mol. The van der Waals surface area contributed by atoms with Crippen molar-refractivity contribution in [1.29, 1.82) is 0 Å². The number of rotatable bonds is 6. The van der Waals surface area contributed by atoms with Crippen molar-refractivity contribution >= 4 is 17.6 Å². The summed E-state index contributed by atoms with van der Waals surface area (Å²) in [7, 11) is 4.48. The molecule has 2 rings (SSSR count). The lowest BCUT2D eigenvalue weighted by Crippen LogP contribution is -2.36. The van der Waals surface area contributed by atoms with Crippen molar-refractivity contribution in [3.8, 4) is 17.2 Å². The lowest BCUT2D eigenvalue weighted by molar-refractivity contribution is -0.144. The van der Waals surface area contributed by atoms with Crippen molar-refractivity contribution < 1.29 is 28.9 Å². The number of amides is 1. The minimum absolute atomic E-state index is 0.400. The van der Waals surface area contributed by atoms with E-state index in [9.17, 15) is 9.59 Å². The summed E-state index contributed by atoms with van der Waals surface area (Å²) in [5.41, 5.74) is 1.07. The number of hydrogen-bond donors (Lipinski definition) is 2. The van der Waals surface area contributed by atoms with Crippen molar-refractivity contribution in [2.24, 2.45) is 11.8 Å². The Morgan fingerprint density at radius 2 is 1.65 bits per heavy atom. The van der Waals surface area contributed by atoms with Crippen LogP contribution in [0.3, 0.4) is 0 Å². The molecule has 7 heteroatoms. The van der Waals surface area contributed by atoms with E-state index in [1.165, 1.54) is 27.4 Å². The maximum atomic E-state index is 12.3. The van der Waals surface area contributed by atoms with Crippen LogP contribution in [-0.2, 0) is 9.59 Å². The van der Waals surface area contributed by atoms with Crippen LogP contribution < -0.4 is 19.5 Å². The van der Waals surface area contributed by atoms with E-state index in [0.717, 1.165) is 0 Å². The molecule has 2 atom stereocenters. The maximum Gasteiger partial charge on any atom is 0.311 e. The normalized spacial score (nSPS) is 18.8. The molecule has 0 aromatic heterocycles. The summed E-state index contributed by atoms with van der Waals surface area (Å²) in [5.74, 6) is -1.55. The fourth-order valence-corrected chi connectivity index (χ4v) is 2.55. The highest BCUT2D eigenvalue weighted by Crippen LogP contribution is 2.43. The van der Waals surface area contributed by atoms with E-state index >= 15 is 0 Å². The van der Waals surface area contributed by atoms with Crippen LogP contribution in [0.1, 0.15) is 5.56 Å². The SMILES string of the molecule is COc1cc(NC(=O)[C@@H]2C=C[C@@H]2C(=O)O)c(OC)c(C)c1OC. The van der Waals surface area contributed by atoms with Crippen molar-refractivity contribution in [1.82, 2.24) is 0 Å². The van der Waals surface area contributed by atoms with Gasteiger partial charge in [-0.05, 0) is 6.92 Å². The minimum Gasteiger partial charge on any atom is -0.494 e. The highest BCUT2D eigenvalue weighted by atomic mass is 16.5. The third-order valence-electron chi connectivity index (χ3n) is 3.81. The number of aliphatic carboxylic acids is 1. The lowest BCUT2D eigenvalue weighted by Gasteiger charge is -2.25. The molecule has 0 unspecified atom stereocenters. The van der Waals surface area contributed by atoms with Gasteiger partial charge < -0.3 is 24.6 Å². The van der Waals surface area contributed by atoms with E-state index in [2.05, 4.69) is 5.32 Å². The summed E-state index contributed by atoms with van der Waals surface area (Å²) in [4.78, 5) is 23.3. The molecule has 1 aromatic carbocycles. The van der Waals surface area contributed by atoms with E-state index in [4.69, 9.17) is 19.3 Å². The Kier molecular flexibility index (Phi) is 4.78. The van der Waals surface area contributed by atoms with Gasteiger partial charge in [0.2, 0.25) is 5.91 Å². The van der Waals surface area contributed by atoms with Gasteiger partial charge in [0.25, 0.3) is 0 Å². The number of carbonyl (C=O) groups is 2. The van der Waals surface area contributed by atoms with Crippen LogP contribution in [0, 0.1) is 18.8 Å². The Morgan fingerprint density at radius 1 is 1.04 bits per heavy atom. The van der Waals surface area contributed by atoms with E-state index < -0.39 is 23.7 Å². The quantitative estimate of drug-likeness (QED) is 0.777. The molecule has 0 spiro atoms. The number of ether oxygens (including phenoxy) is 3. The van der Waals surface area contributed by atoms with E-state index in [1.807, 2.05) is 0 Å². The standard InChI is InChI=1S/C16H19NO6/c1-8-13(22-3)11(7-12(21-2)14(8)23-4)17-15(18)9-5-6-10(9)16(19)20/h5-7,9-10H,1-4H3,(H,17,18)(H,19,20)/t9-,10+/m1/s1. The molecule has 7 nitrogen and oxygen atoms in total. The number of carbonyl (C=O) groups excluding carboxylic acids is 1. The average Bonchev–Trinajstić information content (AvgIpc) is 2.45. The van der Waals surface area contributed by atoms with Gasteiger partial charge >= 0.3 is 5.97 Å². The summed E-state index contributed by atoms with van der Waals surface area (Å²) in [6.07, 6.45) is 3.05. The van der Waals surface area contributed by atoms with Crippen LogP contribution >= 0.6 is 0 Å². The molecule has 1 amide bonds. The number of anilines is 1. The first kappa shape index (κ1) is 16.7. The number of carboxylic acids is 1. The molecule has 1 aromatic rings. The fraction of sp³-hybridized carbons (Fsp3) is 0.375. The fourth-order valence-electron chi connectivity index (χ4n) is 2.55. The molecule has 1 aliphatic carbocycles. The van der Waals surface area contributed by atoms with Crippen LogP contribution in [0.2, 0.25) is 0 Å². The molecule has 0 heterocycles. The summed E-state index contributed by atoms with van der Waals surface area (Å²) in [6, 6.07) is 1.58. The first-order valence-electron chi connectivity index (χ1n) is 6.96. The zero-order chi connectivity index (χ0) is 17.1. The Morgan fingerprint density at radius 3 is 2.09 bits per heavy atom. The number of carboxylic acid groups (broad SMARTS) is 1. The van der Waals surface area contributed by atoms with Gasteiger partial charge in [0.05, 0.1) is 38.9 Å². The van der Waals surface area contributed by atoms with Gasteiger partial charge in [0, 0.05) is 11.6 Å². The van der Waals surface area contributed by atoms with Crippen LogP contribution in [0.4, 0.5) is 5.69 Å². The van der Waals surface area contributed by atoms with Gasteiger partial charge in [-0.1, -0.05) is 12.2 Å². The Balaban J connectivity index is 2.32. The predicted molar refractivity (Wildman–Crippen MR) is 83.2 cm³/mol. The first-order chi connectivity index (χ1) is 10.9. The van der Waals surface area contributed by atoms with E-state index in [-0.39, 0.29) is 0 Å². The minimum atomic E-state index is -1.02. The first-order valence-corrected chi connectivity index (χ1v) is 6.96. The Hall–Kier alpha value is -2.70. The second-order valence-electron chi connectivity index (χ2n) is 5.08. The summed E-state index contributed by atoms with van der Waals surface area (Å²) in [6.45, 7) is 1.78. The third-order valence-corrected chi connectivity index (χ3v) is 3.81. The Bertz CT molecular complexity index is 667. The molecule has 0 fully saturated rings. The number of benzene rings is 1. The summed E-state index contributed by atoms with van der Waals surface area (Å²) >= 11 is 0. The van der Waals surface area contributed by atoms with E-state index in [1.54, 1.807) is 19.1 Å². The average molecular weight is 321 g/mol. The van der Waals surface area contributed by atoms with Gasteiger partial charge in [-0.15, -0.1) is 0 Å². The van der Waals surface area contributed by atoms with Crippen molar-refractivity contribution in [2.45, 2.75) is 6.92 Å². The van der Waals surface area contributed by atoms with Gasteiger partial charge in [0.15, 0.2) is 11.5 Å². The van der Waals surface area contributed by atoms with Crippen molar-refractivity contribution in [2.75, 3.05) is 26.6 Å². The van der Waals surface area contributed by atoms with Crippen LogP contribution in [0.15, 0.2) is 18.2 Å². The molecule has 0 saturated carbocycles. The van der Waals surface area contributed by atoms with E-state index in [0.29, 0.717) is 28.5 Å². The molecule has 0 saturated heterocycles. The van der Waals surface area contributed by atoms with Gasteiger partial charge in [0.1, 0.15) is 5.75 Å². The zero-order valence-electron chi connectivity index (χ0n) is 13.4. The third kappa shape index (κ3) is 2.94. The molecule has 124 valence electrons. The molecular weight excluding hydrogens is 302 g/mol. The van der Waals surface area contributed by atoms with Crippen LogP contribution in [-0.4, -0.2) is 38.3 Å². The lowest BCUT2D eigenvalue weighted by atomic mass is 9.81. The highest BCUT2D eigenvalue weighted by Gasteiger charge is 2.36.